The van der Waals surface area contributed by atoms with Crippen molar-refractivity contribution in [2.75, 3.05) is 11.1 Å². The zero-order valence-electron chi connectivity index (χ0n) is 16.5. The van der Waals surface area contributed by atoms with E-state index in [1.54, 1.807) is 19.9 Å². The molecule has 156 valence electrons. The number of nitrogens with two attached hydrogens (primary N) is 1. The number of hydrogen-bond acceptors (Lipinski definition) is 9. The van der Waals surface area contributed by atoms with Crippen molar-refractivity contribution in [3.8, 4) is 0 Å². The average molecular weight is 410 g/mol. The fraction of sp³-hybridized carbons (Fsp3) is 0.250. The van der Waals surface area contributed by atoms with E-state index in [0.717, 1.165) is 5.69 Å². The van der Waals surface area contributed by atoms with Crippen LogP contribution in [0.3, 0.4) is 0 Å². The molecule has 2 heterocycles. The number of benzene rings is 1. The van der Waals surface area contributed by atoms with E-state index in [1.807, 2.05) is 30.3 Å². The van der Waals surface area contributed by atoms with E-state index < -0.39 is 17.9 Å². The number of nitrogens with zero attached hydrogens (tertiary/aromatic N) is 3. The van der Waals surface area contributed by atoms with Gasteiger partial charge in [-0.1, -0.05) is 32.0 Å². The summed E-state index contributed by atoms with van der Waals surface area (Å²) in [5, 5.41) is 5.62. The van der Waals surface area contributed by atoms with Gasteiger partial charge in [-0.2, -0.15) is 15.0 Å². The Balaban J connectivity index is 1.64. The topological polar surface area (TPSA) is 145 Å². The zero-order valence-corrected chi connectivity index (χ0v) is 16.5. The molecule has 0 aliphatic rings. The van der Waals surface area contributed by atoms with Crippen molar-refractivity contribution in [1.29, 1.82) is 0 Å². The minimum Gasteiger partial charge on any atom is -0.459 e. The van der Waals surface area contributed by atoms with Crippen LogP contribution in [0.5, 0.6) is 0 Å². The van der Waals surface area contributed by atoms with Crippen LogP contribution in [0.4, 0.5) is 17.6 Å². The highest BCUT2D eigenvalue weighted by Gasteiger charge is 2.27. The number of ether oxygens (including phenoxy) is 1. The fourth-order valence-electron chi connectivity index (χ4n) is 2.55. The number of carbonyl (C=O) groups is 2. The number of rotatable bonds is 8. The lowest BCUT2D eigenvalue weighted by Crippen LogP contribution is -2.45. The number of furan rings is 1. The molecule has 0 fully saturated rings. The molecular formula is C20H22N6O4. The summed E-state index contributed by atoms with van der Waals surface area (Å²) in [6.45, 7) is 3.35. The van der Waals surface area contributed by atoms with Gasteiger partial charge in [-0.05, 0) is 30.2 Å². The summed E-state index contributed by atoms with van der Waals surface area (Å²) in [7, 11) is 0. The van der Waals surface area contributed by atoms with Crippen molar-refractivity contribution in [2.45, 2.75) is 26.5 Å². The molecule has 10 nitrogen and oxygen atoms in total. The third-order valence-electron chi connectivity index (χ3n) is 4.02. The first-order chi connectivity index (χ1) is 14.4. The van der Waals surface area contributed by atoms with Gasteiger partial charge in [0.25, 0.3) is 5.91 Å². The second kappa shape index (κ2) is 9.50. The zero-order chi connectivity index (χ0) is 21.5. The smallest absolute Gasteiger partial charge is 0.329 e. The number of carbonyl (C=O) groups excluding carboxylic acids is 2. The van der Waals surface area contributed by atoms with Crippen LogP contribution in [0.1, 0.15) is 30.2 Å². The van der Waals surface area contributed by atoms with Crippen molar-refractivity contribution in [1.82, 2.24) is 20.3 Å². The number of hydrogen-bond donors (Lipinski definition) is 3. The molecule has 0 aliphatic carbocycles. The Hall–Kier alpha value is -3.95. The normalized spacial score (nSPS) is 11.7. The van der Waals surface area contributed by atoms with Gasteiger partial charge in [0, 0.05) is 5.69 Å². The van der Waals surface area contributed by atoms with E-state index in [9.17, 15) is 9.59 Å². The predicted octanol–water partition coefficient (Wildman–Crippen LogP) is 2.29. The van der Waals surface area contributed by atoms with E-state index in [0.29, 0.717) is 0 Å². The van der Waals surface area contributed by atoms with Crippen molar-refractivity contribution in [3.05, 3.63) is 60.3 Å². The molecule has 0 aliphatic heterocycles. The van der Waals surface area contributed by atoms with E-state index in [-0.39, 0.29) is 36.0 Å². The van der Waals surface area contributed by atoms with Gasteiger partial charge in [0.1, 0.15) is 6.04 Å². The molecule has 30 heavy (non-hydrogen) atoms. The lowest BCUT2D eigenvalue weighted by Gasteiger charge is -2.20. The lowest BCUT2D eigenvalue weighted by atomic mass is 10.0. The highest BCUT2D eigenvalue weighted by atomic mass is 16.5. The summed E-state index contributed by atoms with van der Waals surface area (Å²) in [5.41, 5.74) is 6.51. The Labute approximate surface area is 172 Å². The quantitative estimate of drug-likeness (QED) is 0.476. The highest BCUT2D eigenvalue weighted by molar-refractivity contribution is 5.94. The molecule has 1 amide bonds. The number of aromatic nitrogens is 3. The molecule has 1 aromatic carbocycles. The first-order valence-electron chi connectivity index (χ1n) is 9.26. The van der Waals surface area contributed by atoms with E-state index in [4.69, 9.17) is 14.9 Å². The molecular weight excluding hydrogens is 388 g/mol. The number of nitrogens with one attached hydrogen (secondary N) is 2. The van der Waals surface area contributed by atoms with Crippen LogP contribution in [0.25, 0.3) is 0 Å². The number of esters is 1. The fourth-order valence-corrected chi connectivity index (χ4v) is 2.55. The maximum atomic E-state index is 12.5. The van der Waals surface area contributed by atoms with Gasteiger partial charge in [-0.15, -0.1) is 0 Å². The summed E-state index contributed by atoms with van der Waals surface area (Å²) >= 11 is 0. The molecule has 0 saturated carbocycles. The molecule has 0 radical (unpaired) electrons. The van der Waals surface area contributed by atoms with Crippen LogP contribution in [0, 0.1) is 5.92 Å². The van der Waals surface area contributed by atoms with Crippen LogP contribution in [-0.2, 0) is 16.1 Å². The first kappa shape index (κ1) is 20.8. The lowest BCUT2D eigenvalue weighted by molar-refractivity contribution is -0.148. The SMILES string of the molecule is CC(C)C(NC(=O)c1ccco1)C(=O)OCc1nc(N)nc(Nc2ccccc2)n1. The number of para-hydroxylation sites is 1. The standard InChI is InChI=1S/C20H22N6O4/c1-12(2)16(25-17(27)14-9-6-10-29-14)18(28)30-11-15-23-19(21)26-20(24-15)22-13-7-4-3-5-8-13/h3-10,12,16H,11H2,1-2H3,(H,25,27)(H3,21,22,23,24,26). The van der Waals surface area contributed by atoms with Crippen LogP contribution < -0.4 is 16.4 Å². The molecule has 0 spiro atoms. The van der Waals surface area contributed by atoms with Gasteiger partial charge in [-0.3, -0.25) is 4.79 Å². The monoisotopic (exact) mass is 410 g/mol. The van der Waals surface area contributed by atoms with E-state index >= 15 is 0 Å². The third kappa shape index (κ3) is 5.53. The Morgan fingerprint density at radius 2 is 1.87 bits per heavy atom. The summed E-state index contributed by atoms with van der Waals surface area (Å²) in [4.78, 5) is 37.0. The van der Waals surface area contributed by atoms with Crippen LogP contribution in [0.2, 0.25) is 0 Å². The molecule has 0 saturated heterocycles. The van der Waals surface area contributed by atoms with Crippen LogP contribution in [0.15, 0.2) is 53.1 Å². The Morgan fingerprint density at radius 3 is 2.53 bits per heavy atom. The minimum absolute atomic E-state index is 0.0130. The van der Waals surface area contributed by atoms with Gasteiger partial charge in [0.15, 0.2) is 18.2 Å². The van der Waals surface area contributed by atoms with Crippen LogP contribution in [-0.4, -0.2) is 32.9 Å². The minimum atomic E-state index is -0.872. The molecule has 4 N–H and O–H groups in total. The van der Waals surface area contributed by atoms with Crippen molar-refractivity contribution in [2.24, 2.45) is 5.92 Å². The van der Waals surface area contributed by atoms with Gasteiger partial charge in [-0.25, -0.2) is 4.79 Å². The van der Waals surface area contributed by atoms with E-state index in [2.05, 4.69) is 25.6 Å². The second-order valence-electron chi connectivity index (χ2n) is 6.70. The van der Waals surface area contributed by atoms with Crippen LogP contribution >= 0.6 is 0 Å². The molecule has 1 atom stereocenters. The Bertz CT molecular complexity index is 992. The Kier molecular flexibility index (Phi) is 6.58. The number of amides is 1. The summed E-state index contributed by atoms with van der Waals surface area (Å²) in [5.74, 6) is -0.845. The van der Waals surface area contributed by atoms with Crippen molar-refractivity contribution < 1.29 is 18.7 Å². The molecule has 10 heteroatoms. The third-order valence-corrected chi connectivity index (χ3v) is 4.02. The average Bonchev–Trinajstić information content (AvgIpc) is 3.25. The largest absolute Gasteiger partial charge is 0.459 e. The highest BCUT2D eigenvalue weighted by Crippen LogP contribution is 2.14. The maximum absolute atomic E-state index is 12.5. The maximum Gasteiger partial charge on any atom is 0.329 e. The summed E-state index contributed by atoms with van der Waals surface area (Å²) in [6, 6.07) is 11.5. The molecule has 2 aromatic heterocycles. The predicted molar refractivity (Wildman–Crippen MR) is 109 cm³/mol. The van der Waals surface area contributed by atoms with E-state index in [1.165, 1.54) is 12.3 Å². The summed E-state index contributed by atoms with van der Waals surface area (Å²) < 4.78 is 10.4. The van der Waals surface area contributed by atoms with Crippen molar-refractivity contribution >= 4 is 29.5 Å². The summed E-state index contributed by atoms with van der Waals surface area (Å²) in [6.07, 6.45) is 1.38. The van der Waals surface area contributed by atoms with Crippen molar-refractivity contribution in [3.63, 3.8) is 0 Å². The second-order valence-corrected chi connectivity index (χ2v) is 6.70. The molecule has 3 rings (SSSR count). The Morgan fingerprint density at radius 1 is 1.10 bits per heavy atom. The first-order valence-corrected chi connectivity index (χ1v) is 9.26. The molecule has 3 aromatic rings. The van der Waals surface area contributed by atoms with Gasteiger partial charge < -0.3 is 25.5 Å². The number of nitrogen functional groups attached to an aromatic ring is 1. The van der Waals surface area contributed by atoms with Gasteiger partial charge in [0.2, 0.25) is 11.9 Å². The molecule has 0 bridgehead atoms. The van der Waals surface area contributed by atoms with Gasteiger partial charge in [0.05, 0.1) is 6.26 Å². The number of anilines is 3. The molecule has 1 unspecified atom stereocenters. The van der Waals surface area contributed by atoms with Gasteiger partial charge >= 0.3 is 5.97 Å².